The molecule has 196 valence electrons. The zero-order valence-corrected chi connectivity index (χ0v) is 25.4. The average molecular weight is 575 g/mol. The first-order valence-electron chi connectivity index (χ1n) is 14.0. The minimum absolute atomic E-state index is 0.558. The van der Waals surface area contributed by atoms with Crippen LogP contribution in [0.4, 0.5) is 0 Å². The van der Waals surface area contributed by atoms with Gasteiger partial charge in [-0.15, -0.1) is 0 Å². The van der Waals surface area contributed by atoms with Crippen molar-refractivity contribution in [3.8, 4) is 0 Å². The smallest absolute Gasteiger partial charge is 0.328 e. The molecular weight excluding hydrogens is 519 g/mol. The van der Waals surface area contributed by atoms with Gasteiger partial charge < -0.3 is 10.2 Å². The minimum atomic E-state index is -1.83. The van der Waals surface area contributed by atoms with E-state index >= 15 is 0 Å². The van der Waals surface area contributed by atoms with Crippen molar-refractivity contribution < 1.29 is 19.8 Å². The van der Waals surface area contributed by atoms with Crippen LogP contribution >= 0.6 is 0 Å². The second-order valence-electron chi connectivity index (χ2n) is 9.75. The molecule has 0 aromatic heterocycles. The van der Waals surface area contributed by atoms with Gasteiger partial charge in [0, 0.05) is 12.2 Å². The van der Waals surface area contributed by atoms with Crippen LogP contribution in [0.5, 0.6) is 0 Å². The minimum Gasteiger partial charge on any atom is -0.478 e. The van der Waals surface area contributed by atoms with Gasteiger partial charge in [0.25, 0.3) is 0 Å². The fraction of sp³-hybridized carbons (Fsp3) is 0.857. The normalized spacial score (nSPS) is 11.4. The maximum absolute atomic E-state index is 9.55. The number of carbonyl (C=O) groups is 2. The Kier molecular flexibility index (Phi) is 27.4. The number of hydrogen-bond acceptors (Lipinski definition) is 2. The van der Waals surface area contributed by atoms with Gasteiger partial charge in [-0.1, -0.05) is 0 Å². The van der Waals surface area contributed by atoms with Gasteiger partial charge in [-0.05, 0) is 0 Å². The Balaban J connectivity index is 0. The summed E-state index contributed by atoms with van der Waals surface area (Å²) in [6.45, 7) is 9.48. The summed E-state index contributed by atoms with van der Waals surface area (Å²) in [4.78, 5) is 19.1. The van der Waals surface area contributed by atoms with E-state index in [2.05, 4.69) is 27.7 Å². The Hall–Kier alpha value is -0.521. The molecular formula is C28H56O4Sn. The van der Waals surface area contributed by atoms with E-state index in [0.717, 1.165) is 0 Å². The molecule has 0 radical (unpaired) electrons. The van der Waals surface area contributed by atoms with Crippen molar-refractivity contribution in [2.24, 2.45) is 0 Å². The number of carboxylic acid groups (broad SMARTS) is 2. The number of rotatable bonds is 22. The van der Waals surface area contributed by atoms with Crippen LogP contribution in [0.3, 0.4) is 0 Å². The van der Waals surface area contributed by atoms with Gasteiger partial charge in [-0.25, -0.2) is 9.59 Å². The monoisotopic (exact) mass is 576 g/mol. The first-order valence-corrected chi connectivity index (χ1v) is 22.1. The zero-order chi connectivity index (χ0) is 25.2. The first-order chi connectivity index (χ1) is 15.9. The van der Waals surface area contributed by atoms with Crippen molar-refractivity contribution in [3.05, 3.63) is 12.2 Å². The van der Waals surface area contributed by atoms with Crippen molar-refractivity contribution in [2.45, 2.75) is 148 Å². The molecule has 0 aromatic rings. The molecule has 0 saturated heterocycles. The number of aliphatic carboxylic acids is 2. The van der Waals surface area contributed by atoms with Gasteiger partial charge >= 0.3 is 178 Å². The summed E-state index contributed by atoms with van der Waals surface area (Å²) in [5, 5.41) is 15.6. The van der Waals surface area contributed by atoms with Gasteiger partial charge in [0.2, 0.25) is 0 Å². The Morgan fingerprint density at radius 3 is 1.06 bits per heavy atom. The van der Waals surface area contributed by atoms with Crippen LogP contribution in [0.2, 0.25) is 17.7 Å². The summed E-state index contributed by atoms with van der Waals surface area (Å²) in [5.41, 5.74) is 0. The zero-order valence-electron chi connectivity index (χ0n) is 22.5. The van der Waals surface area contributed by atoms with Crippen molar-refractivity contribution >= 4 is 30.3 Å². The first kappa shape index (κ1) is 34.6. The summed E-state index contributed by atoms with van der Waals surface area (Å²) < 4.78 is 6.90. The molecule has 0 amide bonds. The van der Waals surface area contributed by atoms with Gasteiger partial charge in [0.15, 0.2) is 0 Å². The van der Waals surface area contributed by atoms with E-state index in [4.69, 9.17) is 10.2 Å². The summed E-state index contributed by atoms with van der Waals surface area (Å²) in [7, 11) is 0. The second kappa shape index (κ2) is 26.1. The third-order valence-corrected chi connectivity index (χ3v) is 22.8. The molecule has 2 N–H and O–H groups in total. The molecule has 0 heterocycles. The van der Waals surface area contributed by atoms with Crippen molar-refractivity contribution in [1.82, 2.24) is 0 Å². The van der Waals surface area contributed by atoms with E-state index < -0.39 is 30.3 Å². The summed E-state index contributed by atoms with van der Waals surface area (Å²) >= 11 is -1.83. The molecule has 0 aliphatic carbocycles. The molecule has 0 bridgehead atoms. The molecule has 0 aromatic carbocycles. The number of hydrogen-bond donors (Lipinski definition) is 2. The van der Waals surface area contributed by atoms with Crippen LogP contribution in [-0.4, -0.2) is 40.5 Å². The van der Waals surface area contributed by atoms with E-state index in [1.54, 1.807) is 43.4 Å². The largest absolute Gasteiger partial charge is 0.478 e. The molecule has 0 spiro atoms. The van der Waals surface area contributed by atoms with E-state index in [0.29, 0.717) is 12.2 Å². The predicted molar refractivity (Wildman–Crippen MR) is 146 cm³/mol. The Morgan fingerprint density at radius 1 is 0.485 bits per heavy atom. The average Bonchev–Trinajstić information content (AvgIpc) is 2.79. The van der Waals surface area contributed by atoms with Gasteiger partial charge in [0.05, 0.1) is 0 Å². The maximum Gasteiger partial charge on any atom is 0.328 e. The van der Waals surface area contributed by atoms with Crippen LogP contribution < -0.4 is 0 Å². The van der Waals surface area contributed by atoms with Crippen molar-refractivity contribution in [3.63, 3.8) is 0 Å². The fourth-order valence-electron chi connectivity index (χ4n) is 4.56. The third kappa shape index (κ3) is 25.9. The Bertz CT molecular complexity index is 435. The maximum atomic E-state index is 9.55. The van der Waals surface area contributed by atoms with E-state index in [9.17, 15) is 9.59 Å². The molecule has 0 aliphatic rings. The van der Waals surface area contributed by atoms with Gasteiger partial charge in [-0.2, -0.15) is 0 Å². The summed E-state index contributed by atoms with van der Waals surface area (Å²) in [6.07, 6.45) is 25.0. The molecule has 0 saturated carbocycles. The standard InChI is InChI=1S/2C8H17.C4H4O4.2C4H9.Sn/c2*1-3-5-7-8-6-4-2;5-3(6)1-2-4(7)8;2*1-3-4-2;/h2*1,3-8H2,2H3;1-2H,(H,5,6)(H,7,8);2*1,3-4H2,2H3;/b;;2-1-;;;. The fourth-order valence-corrected chi connectivity index (χ4v) is 20.8. The Labute approximate surface area is 209 Å². The van der Waals surface area contributed by atoms with E-state index in [-0.39, 0.29) is 0 Å². The van der Waals surface area contributed by atoms with Crippen LogP contribution in [0.25, 0.3) is 0 Å². The Morgan fingerprint density at radius 2 is 0.758 bits per heavy atom. The molecule has 33 heavy (non-hydrogen) atoms. The predicted octanol–water partition coefficient (Wildman–Crippen LogP) is 9.47. The topological polar surface area (TPSA) is 74.6 Å². The summed E-state index contributed by atoms with van der Waals surface area (Å²) in [6, 6.07) is 0. The second-order valence-corrected chi connectivity index (χ2v) is 24.0. The van der Waals surface area contributed by atoms with Gasteiger partial charge in [-0.3, -0.25) is 0 Å². The van der Waals surface area contributed by atoms with Gasteiger partial charge in [0.1, 0.15) is 0 Å². The molecule has 5 heteroatoms. The van der Waals surface area contributed by atoms with Crippen LogP contribution in [0, 0.1) is 0 Å². The number of unbranched alkanes of at least 4 members (excludes halogenated alkanes) is 12. The molecule has 0 aliphatic heterocycles. The molecule has 4 nitrogen and oxygen atoms in total. The quantitative estimate of drug-likeness (QED) is 0.0766. The van der Waals surface area contributed by atoms with Crippen LogP contribution in [0.1, 0.15) is 130 Å². The molecule has 0 fully saturated rings. The third-order valence-electron chi connectivity index (χ3n) is 6.61. The van der Waals surface area contributed by atoms with Crippen LogP contribution in [-0.2, 0) is 9.59 Å². The number of carboxylic acids is 2. The molecule has 0 unspecified atom stereocenters. The SMILES string of the molecule is CCCCCCC[CH2][Sn]([CH2]CCC)([CH2]CCC)[CH2]CCCCCCC.O=C(O)/C=C\C(=O)O. The van der Waals surface area contributed by atoms with E-state index in [1.165, 1.54) is 77.0 Å². The molecule has 0 atom stereocenters. The van der Waals surface area contributed by atoms with Crippen LogP contribution in [0.15, 0.2) is 12.2 Å². The summed E-state index contributed by atoms with van der Waals surface area (Å²) in [5.74, 6) is -2.51. The molecule has 0 rings (SSSR count). The van der Waals surface area contributed by atoms with E-state index in [1.807, 2.05) is 0 Å². The van der Waals surface area contributed by atoms with Crippen molar-refractivity contribution in [1.29, 1.82) is 0 Å². The van der Waals surface area contributed by atoms with Crippen molar-refractivity contribution in [2.75, 3.05) is 0 Å².